The lowest BCUT2D eigenvalue weighted by Crippen LogP contribution is -2.36. The third-order valence-electron chi connectivity index (χ3n) is 6.72. The van der Waals surface area contributed by atoms with Gasteiger partial charge in [0.25, 0.3) is 0 Å². The second kappa shape index (κ2) is 11.9. The van der Waals surface area contributed by atoms with Gasteiger partial charge in [0.05, 0.1) is 25.2 Å². The molecule has 1 aromatic heterocycles. The fraction of sp³-hybridized carbons (Fsp3) is 0.448. The molecule has 2 aromatic rings. The molecule has 8 heteroatoms. The molecule has 2 heterocycles. The molecule has 2 aliphatic rings. The molecule has 1 aromatic carbocycles. The maximum atomic E-state index is 13.7. The van der Waals surface area contributed by atoms with Crippen molar-refractivity contribution in [1.29, 1.82) is 0 Å². The number of carbonyl (C=O) groups excluding carboxylic acids is 2. The van der Waals surface area contributed by atoms with E-state index >= 15 is 0 Å². The Bertz CT molecular complexity index is 1230. The molecule has 37 heavy (non-hydrogen) atoms. The topological polar surface area (TPSA) is 87.0 Å². The van der Waals surface area contributed by atoms with Gasteiger partial charge in [-0.2, -0.15) is 11.8 Å². The van der Waals surface area contributed by atoms with E-state index in [1.165, 1.54) is 0 Å². The third-order valence-corrected chi connectivity index (χ3v) is 7.58. The molecule has 1 N–H and O–H groups in total. The number of allylic oxidation sites excluding steroid dienone is 3. The van der Waals surface area contributed by atoms with Crippen LogP contribution in [0.2, 0.25) is 0 Å². The monoisotopic (exact) mass is 525 g/mol. The quantitative estimate of drug-likeness (QED) is 0.314. The molecule has 4 rings (SSSR count). The number of hydrogen-bond acceptors (Lipinski definition) is 8. The van der Waals surface area contributed by atoms with Crippen molar-refractivity contribution in [3.63, 3.8) is 0 Å². The second-order valence-electron chi connectivity index (χ2n) is 9.14. The summed E-state index contributed by atoms with van der Waals surface area (Å²) in [5.41, 5.74) is 3.54. The van der Waals surface area contributed by atoms with Crippen molar-refractivity contribution in [2.24, 2.45) is 0 Å². The Hall–Kier alpha value is -3.13. The molecular weight excluding hydrogens is 490 g/mol. The summed E-state index contributed by atoms with van der Waals surface area (Å²) in [6.07, 6.45) is 0.948. The van der Waals surface area contributed by atoms with Crippen LogP contribution in [0.3, 0.4) is 0 Å². The number of nitrogens with one attached hydrogen (secondary N) is 1. The minimum absolute atomic E-state index is 0.00927. The van der Waals surface area contributed by atoms with Gasteiger partial charge in [0.2, 0.25) is 0 Å². The Kier molecular flexibility index (Phi) is 8.69. The van der Waals surface area contributed by atoms with Crippen LogP contribution in [0.5, 0.6) is 11.5 Å². The number of dihydropyridines is 1. The molecule has 7 nitrogen and oxygen atoms in total. The molecule has 0 fully saturated rings. The first-order valence-electron chi connectivity index (χ1n) is 12.7. The van der Waals surface area contributed by atoms with Crippen LogP contribution in [0.25, 0.3) is 0 Å². The van der Waals surface area contributed by atoms with Crippen LogP contribution < -0.4 is 14.8 Å². The van der Waals surface area contributed by atoms with Gasteiger partial charge in [-0.25, -0.2) is 4.79 Å². The van der Waals surface area contributed by atoms with Crippen molar-refractivity contribution >= 4 is 23.5 Å². The number of thioether (sulfide) groups is 1. The summed E-state index contributed by atoms with van der Waals surface area (Å²) in [6.45, 7) is 8.57. The number of Topliss-reactive ketones (excluding diaryl/α,β-unsaturated/α-hetero) is 1. The largest absolute Gasteiger partial charge is 0.493 e. The van der Waals surface area contributed by atoms with E-state index in [-0.39, 0.29) is 11.7 Å². The zero-order valence-electron chi connectivity index (χ0n) is 22.1. The van der Waals surface area contributed by atoms with Gasteiger partial charge in [0.15, 0.2) is 17.3 Å². The third kappa shape index (κ3) is 5.74. The van der Waals surface area contributed by atoms with Crippen molar-refractivity contribution in [3.8, 4) is 11.5 Å². The minimum atomic E-state index is -0.598. The van der Waals surface area contributed by atoms with Crippen LogP contribution in [-0.4, -0.2) is 43.6 Å². The highest BCUT2D eigenvalue weighted by atomic mass is 32.2. The molecule has 0 unspecified atom stereocenters. The number of esters is 1. The average Bonchev–Trinajstić information content (AvgIpc) is 3.31. The fourth-order valence-corrected chi connectivity index (χ4v) is 5.56. The minimum Gasteiger partial charge on any atom is -0.493 e. The maximum Gasteiger partial charge on any atom is 0.336 e. The van der Waals surface area contributed by atoms with E-state index in [1.807, 2.05) is 51.1 Å². The van der Waals surface area contributed by atoms with Crippen LogP contribution in [0, 0.1) is 6.92 Å². The van der Waals surface area contributed by atoms with Crippen molar-refractivity contribution in [3.05, 3.63) is 70.0 Å². The normalized spacial score (nSPS) is 19.4. The molecule has 0 saturated heterocycles. The van der Waals surface area contributed by atoms with Crippen molar-refractivity contribution < 1.29 is 28.2 Å². The number of ketones is 1. The Labute approximate surface area is 222 Å². The number of benzene rings is 1. The first kappa shape index (κ1) is 26.9. The molecule has 0 radical (unpaired) electrons. The molecule has 198 valence electrons. The number of furan rings is 1. The average molecular weight is 526 g/mol. The van der Waals surface area contributed by atoms with E-state index in [1.54, 1.807) is 18.9 Å². The van der Waals surface area contributed by atoms with Gasteiger partial charge < -0.3 is 23.9 Å². The highest BCUT2D eigenvalue weighted by Gasteiger charge is 2.43. The molecule has 1 aliphatic heterocycles. The van der Waals surface area contributed by atoms with Gasteiger partial charge in [-0.1, -0.05) is 13.0 Å². The molecule has 0 bridgehead atoms. The van der Waals surface area contributed by atoms with Gasteiger partial charge in [-0.15, -0.1) is 0 Å². The lowest BCUT2D eigenvalue weighted by Gasteiger charge is -2.35. The van der Waals surface area contributed by atoms with Crippen LogP contribution in [-0.2, 0) is 14.3 Å². The number of aryl methyl sites for hydroxylation is 1. The number of rotatable bonds is 10. The van der Waals surface area contributed by atoms with Crippen LogP contribution in [0.15, 0.2) is 57.3 Å². The van der Waals surface area contributed by atoms with E-state index in [0.29, 0.717) is 60.2 Å². The summed E-state index contributed by atoms with van der Waals surface area (Å²) in [5.74, 6) is 3.26. The van der Waals surface area contributed by atoms with Crippen LogP contribution in [0.4, 0.5) is 0 Å². The Morgan fingerprint density at radius 3 is 2.62 bits per heavy atom. The van der Waals surface area contributed by atoms with E-state index in [4.69, 9.17) is 18.6 Å². The standard InChI is InChI=1S/C29H35NO6S/c1-6-34-23-11-9-19(16-25(23)33-5)20-14-21-27(22(31)15-20)28(24-10-8-17(3)36-24)26(18(4)30-21)29(32)35-12-13-37-7-2/h8-11,16,20,28,30H,6-7,12-15H2,1-5H3/t20-,28+/m1/s1. The molecular formula is C29H35NO6S. The number of carbonyl (C=O) groups is 2. The predicted molar refractivity (Wildman–Crippen MR) is 144 cm³/mol. The smallest absolute Gasteiger partial charge is 0.336 e. The molecule has 0 amide bonds. The number of hydrogen-bond donors (Lipinski definition) is 1. The SMILES string of the molecule is CCOc1ccc([C@H]2CC(=O)C3=C(C2)NC(C)=C(C(=O)OCCSCC)[C@@H]3c2ccc(C)o2)cc1OC. The fourth-order valence-electron chi connectivity index (χ4n) is 5.07. The predicted octanol–water partition coefficient (Wildman–Crippen LogP) is 5.65. The zero-order valence-corrected chi connectivity index (χ0v) is 23.0. The van der Waals surface area contributed by atoms with Gasteiger partial charge in [0.1, 0.15) is 18.1 Å². The number of ether oxygens (including phenoxy) is 3. The molecule has 1 aliphatic carbocycles. The highest BCUT2D eigenvalue weighted by Crippen LogP contribution is 2.46. The summed E-state index contributed by atoms with van der Waals surface area (Å²) >= 11 is 1.71. The van der Waals surface area contributed by atoms with E-state index in [9.17, 15) is 9.59 Å². The Morgan fingerprint density at radius 1 is 1.14 bits per heavy atom. The first-order chi connectivity index (χ1) is 17.9. The Morgan fingerprint density at radius 2 is 1.95 bits per heavy atom. The zero-order chi connectivity index (χ0) is 26.5. The summed E-state index contributed by atoms with van der Waals surface area (Å²) < 4.78 is 22.8. The van der Waals surface area contributed by atoms with Gasteiger partial charge in [-0.3, -0.25) is 4.79 Å². The highest BCUT2D eigenvalue weighted by molar-refractivity contribution is 7.99. The van der Waals surface area contributed by atoms with E-state index < -0.39 is 11.9 Å². The molecule has 0 saturated carbocycles. The van der Waals surface area contributed by atoms with Gasteiger partial charge in [0, 0.05) is 29.1 Å². The number of methoxy groups -OCH3 is 1. The van der Waals surface area contributed by atoms with Crippen molar-refractivity contribution in [2.45, 2.75) is 52.4 Å². The first-order valence-corrected chi connectivity index (χ1v) is 13.9. The molecule has 2 atom stereocenters. The summed E-state index contributed by atoms with van der Waals surface area (Å²) in [6, 6.07) is 9.54. The van der Waals surface area contributed by atoms with Crippen molar-refractivity contribution in [2.75, 3.05) is 31.8 Å². The van der Waals surface area contributed by atoms with E-state index in [0.717, 1.165) is 28.5 Å². The summed E-state index contributed by atoms with van der Waals surface area (Å²) in [5, 5.41) is 3.38. The lowest BCUT2D eigenvalue weighted by atomic mass is 9.73. The van der Waals surface area contributed by atoms with Crippen LogP contribution in [0.1, 0.15) is 62.5 Å². The molecule has 0 spiro atoms. The summed E-state index contributed by atoms with van der Waals surface area (Å²) in [4.78, 5) is 27.0. The van der Waals surface area contributed by atoms with E-state index in [2.05, 4.69) is 12.2 Å². The summed E-state index contributed by atoms with van der Waals surface area (Å²) in [7, 11) is 1.61. The Balaban J connectivity index is 1.67. The second-order valence-corrected chi connectivity index (χ2v) is 10.5. The van der Waals surface area contributed by atoms with Gasteiger partial charge >= 0.3 is 5.97 Å². The lowest BCUT2D eigenvalue weighted by molar-refractivity contribution is -0.138. The van der Waals surface area contributed by atoms with Crippen LogP contribution >= 0.6 is 11.8 Å². The van der Waals surface area contributed by atoms with Gasteiger partial charge in [-0.05, 0) is 68.7 Å². The van der Waals surface area contributed by atoms with Crippen molar-refractivity contribution in [1.82, 2.24) is 5.32 Å². The maximum absolute atomic E-state index is 13.7.